The summed E-state index contributed by atoms with van der Waals surface area (Å²) in [4.78, 5) is 25.0. The standard InChI is InChI=1S/C21H24Cl2N4O3/c1-11-17-15(24-25-19(28)13-9-8-12(22)10-14(13)23)6-5-7-16(17)30-18(11)20(29)26-27-21(2,3)4/h8-10,27H,5-7H2,1-4H3,(H,25,28)(H,26,29)/b24-15+. The second-order valence-corrected chi connectivity index (χ2v) is 9.00. The highest BCUT2D eigenvalue weighted by Gasteiger charge is 2.28. The maximum Gasteiger partial charge on any atom is 0.301 e. The minimum Gasteiger partial charge on any atom is -0.455 e. The summed E-state index contributed by atoms with van der Waals surface area (Å²) >= 11 is 12.0. The maximum atomic E-state index is 12.6. The van der Waals surface area contributed by atoms with E-state index in [1.54, 1.807) is 12.1 Å². The van der Waals surface area contributed by atoms with Crippen LogP contribution in [0.15, 0.2) is 27.7 Å². The van der Waals surface area contributed by atoms with Crippen LogP contribution in [-0.2, 0) is 6.42 Å². The van der Waals surface area contributed by atoms with E-state index >= 15 is 0 Å². The second kappa shape index (κ2) is 8.79. The Hall–Kier alpha value is -2.35. The number of hydrazone groups is 1. The summed E-state index contributed by atoms with van der Waals surface area (Å²) in [5.41, 5.74) is 10.3. The SMILES string of the molecule is Cc1c(C(=O)NNC(C)(C)C)oc2c1/C(=N/NC(=O)c1ccc(Cl)cc1Cl)CCC2. The summed E-state index contributed by atoms with van der Waals surface area (Å²) in [6.07, 6.45) is 2.16. The molecule has 0 spiro atoms. The molecule has 160 valence electrons. The minimum absolute atomic E-state index is 0.235. The molecule has 9 heteroatoms. The molecule has 1 heterocycles. The van der Waals surface area contributed by atoms with Crippen LogP contribution in [0.3, 0.4) is 0 Å². The van der Waals surface area contributed by atoms with Crippen LogP contribution >= 0.6 is 23.2 Å². The number of benzene rings is 1. The second-order valence-electron chi connectivity index (χ2n) is 8.16. The van der Waals surface area contributed by atoms with E-state index in [0.29, 0.717) is 34.9 Å². The lowest BCUT2D eigenvalue weighted by Crippen LogP contribution is -2.48. The highest BCUT2D eigenvalue weighted by atomic mass is 35.5. The topological polar surface area (TPSA) is 95.7 Å². The van der Waals surface area contributed by atoms with Gasteiger partial charge in [-0.05, 0) is 58.7 Å². The number of fused-ring (bicyclic) bond motifs is 1. The molecule has 7 nitrogen and oxygen atoms in total. The molecule has 30 heavy (non-hydrogen) atoms. The van der Waals surface area contributed by atoms with Crippen molar-refractivity contribution in [3.05, 3.63) is 56.5 Å². The van der Waals surface area contributed by atoms with Crippen molar-refractivity contribution in [3.63, 3.8) is 0 Å². The maximum absolute atomic E-state index is 12.6. The van der Waals surface area contributed by atoms with Gasteiger partial charge in [0.25, 0.3) is 5.91 Å². The van der Waals surface area contributed by atoms with E-state index in [2.05, 4.69) is 21.4 Å². The molecule has 2 amide bonds. The predicted molar refractivity (Wildman–Crippen MR) is 117 cm³/mol. The number of nitrogens with one attached hydrogen (secondary N) is 3. The van der Waals surface area contributed by atoms with Crippen molar-refractivity contribution in [1.82, 2.24) is 16.3 Å². The van der Waals surface area contributed by atoms with Gasteiger partial charge in [-0.2, -0.15) is 5.10 Å². The third-order valence-corrected chi connectivity index (χ3v) is 5.10. The third-order valence-electron chi connectivity index (χ3n) is 4.55. The van der Waals surface area contributed by atoms with Gasteiger partial charge in [0.2, 0.25) is 0 Å². The first kappa shape index (κ1) is 22.3. The number of carbonyl (C=O) groups excluding carboxylic acids is 2. The van der Waals surface area contributed by atoms with Gasteiger partial charge in [-0.25, -0.2) is 10.9 Å². The molecule has 0 radical (unpaired) electrons. The van der Waals surface area contributed by atoms with Gasteiger partial charge >= 0.3 is 5.91 Å². The molecule has 3 N–H and O–H groups in total. The van der Waals surface area contributed by atoms with Crippen LogP contribution in [0.4, 0.5) is 0 Å². The zero-order valence-corrected chi connectivity index (χ0v) is 18.8. The van der Waals surface area contributed by atoms with Crippen LogP contribution in [0.1, 0.15) is 71.4 Å². The molecule has 0 aliphatic heterocycles. The van der Waals surface area contributed by atoms with Gasteiger partial charge in [-0.1, -0.05) is 23.2 Å². The largest absolute Gasteiger partial charge is 0.455 e. The Labute approximate surface area is 185 Å². The van der Waals surface area contributed by atoms with Gasteiger partial charge in [-0.3, -0.25) is 15.0 Å². The van der Waals surface area contributed by atoms with Crippen molar-refractivity contribution in [2.75, 3.05) is 0 Å². The van der Waals surface area contributed by atoms with Gasteiger partial charge in [0.15, 0.2) is 5.76 Å². The van der Waals surface area contributed by atoms with E-state index in [0.717, 1.165) is 12.0 Å². The van der Waals surface area contributed by atoms with Gasteiger partial charge in [0.05, 0.1) is 16.3 Å². The van der Waals surface area contributed by atoms with Crippen molar-refractivity contribution < 1.29 is 14.0 Å². The number of halogens is 2. The molecule has 1 aromatic heterocycles. The first-order valence-corrected chi connectivity index (χ1v) is 10.3. The molecule has 3 rings (SSSR count). The number of carbonyl (C=O) groups is 2. The van der Waals surface area contributed by atoms with E-state index < -0.39 is 5.91 Å². The molecule has 1 aliphatic carbocycles. The first-order valence-electron chi connectivity index (χ1n) is 9.59. The van der Waals surface area contributed by atoms with E-state index in [1.165, 1.54) is 6.07 Å². The van der Waals surface area contributed by atoms with Gasteiger partial charge < -0.3 is 4.42 Å². The van der Waals surface area contributed by atoms with Crippen LogP contribution in [-0.4, -0.2) is 23.1 Å². The molecule has 0 saturated heterocycles. The molecule has 0 unspecified atom stereocenters. The summed E-state index contributed by atoms with van der Waals surface area (Å²) in [5.74, 6) is 0.133. The molecule has 0 atom stereocenters. The number of hydrazine groups is 1. The summed E-state index contributed by atoms with van der Waals surface area (Å²) in [6.45, 7) is 7.63. The van der Waals surface area contributed by atoms with E-state index in [-0.39, 0.29) is 27.8 Å². The normalized spacial score (nSPS) is 15.1. The quantitative estimate of drug-likeness (QED) is 0.601. The van der Waals surface area contributed by atoms with Crippen LogP contribution in [0.25, 0.3) is 0 Å². The number of aryl methyl sites for hydroxylation is 1. The molecule has 0 bridgehead atoms. The number of hydrogen-bond donors (Lipinski definition) is 3. The molecule has 0 saturated carbocycles. The molecular weight excluding hydrogens is 427 g/mol. The lowest BCUT2D eigenvalue weighted by molar-refractivity contribution is 0.0882. The number of hydrogen-bond acceptors (Lipinski definition) is 5. The van der Waals surface area contributed by atoms with Gasteiger partial charge in [0.1, 0.15) is 5.76 Å². The average Bonchev–Trinajstić information content (AvgIpc) is 3.01. The molecule has 2 aromatic rings. The highest BCUT2D eigenvalue weighted by molar-refractivity contribution is 6.36. The Balaban J connectivity index is 1.82. The zero-order valence-electron chi connectivity index (χ0n) is 17.3. The fraction of sp³-hybridized carbons (Fsp3) is 0.381. The molecule has 0 fully saturated rings. The van der Waals surface area contributed by atoms with Gasteiger partial charge in [0, 0.05) is 28.1 Å². The lowest BCUT2D eigenvalue weighted by atomic mass is 9.93. The summed E-state index contributed by atoms with van der Waals surface area (Å²) < 4.78 is 5.84. The van der Waals surface area contributed by atoms with E-state index in [4.69, 9.17) is 27.6 Å². The summed E-state index contributed by atoms with van der Waals surface area (Å²) in [7, 11) is 0. The lowest BCUT2D eigenvalue weighted by Gasteiger charge is -2.20. The highest BCUT2D eigenvalue weighted by Crippen LogP contribution is 2.30. The van der Waals surface area contributed by atoms with Crippen molar-refractivity contribution in [2.24, 2.45) is 5.10 Å². The van der Waals surface area contributed by atoms with E-state index in [1.807, 2.05) is 27.7 Å². The Kier molecular flexibility index (Phi) is 6.55. The van der Waals surface area contributed by atoms with Crippen LogP contribution in [0.5, 0.6) is 0 Å². The van der Waals surface area contributed by atoms with Crippen molar-refractivity contribution >= 4 is 40.7 Å². The molecule has 1 aromatic carbocycles. The van der Waals surface area contributed by atoms with Crippen molar-refractivity contribution in [2.45, 2.75) is 52.5 Å². The fourth-order valence-electron chi connectivity index (χ4n) is 3.15. The predicted octanol–water partition coefficient (Wildman–Crippen LogP) is 4.40. The monoisotopic (exact) mass is 450 g/mol. The Morgan fingerprint density at radius 1 is 1.13 bits per heavy atom. The number of amides is 2. The zero-order chi connectivity index (χ0) is 22.1. The Morgan fingerprint density at radius 2 is 1.87 bits per heavy atom. The number of furan rings is 1. The number of nitrogens with zero attached hydrogens (tertiary/aromatic N) is 1. The average molecular weight is 451 g/mol. The smallest absolute Gasteiger partial charge is 0.301 e. The summed E-state index contributed by atoms with van der Waals surface area (Å²) in [5, 5.41) is 4.99. The Bertz CT molecular complexity index is 1020. The van der Waals surface area contributed by atoms with Crippen LogP contribution < -0.4 is 16.3 Å². The minimum atomic E-state index is -0.440. The van der Waals surface area contributed by atoms with Crippen LogP contribution in [0.2, 0.25) is 10.0 Å². The molecular formula is C21H24Cl2N4O3. The summed E-state index contributed by atoms with van der Waals surface area (Å²) in [6, 6.07) is 4.63. The van der Waals surface area contributed by atoms with Crippen molar-refractivity contribution in [3.8, 4) is 0 Å². The Morgan fingerprint density at radius 3 is 2.53 bits per heavy atom. The molecule has 1 aliphatic rings. The van der Waals surface area contributed by atoms with Crippen LogP contribution in [0, 0.1) is 6.92 Å². The number of rotatable bonds is 4. The van der Waals surface area contributed by atoms with Gasteiger partial charge in [-0.15, -0.1) is 0 Å². The first-order chi connectivity index (χ1) is 14.1. The third kappa shape index (κ3) is 5.03. The van der Waals surface area contributed by atoms with Crippen molar-refractivity contribution in [1.29, 1.82) is 0 Å². The van der Waals surface area contributed by atoms with E-state index in [9.17, 15) is 9.59 Å². The fourth-order valence-corrected chi connectivity index (χ4v) is 3.64.